The van der Waals surface area contributed by atoms with Gasteiger partial charge in [-0.2, -0.15) is 0 Å². The minimum Gasteiger partial charge on any atom is -0.295 e. The van der Waals surface area contributed by atoms with Crippen molar-refractivity contribution in [3.8, 4) is 0 Å². The van der Waals surface area contributed by atoms with E-state index in [0.29, 0.717) is 24.2 Å². The molecule has 0 spiro atoms. The third-order valence-electron chi connectivity index (χ3n) is 2.90. The molecule has 0 radical (unpaired) electrons. The molecule has 1 rings (SSSR count). The molecule has 0 fully saturated rings. The van der Waals surface area contributed by atoms with Gasteiger partial charge in [0.1, 0.15) is 0 Å². The van der Waals surface area contributed by atoms with Crippen molar-refractivity contribution in [2.45, 2.75) is 34.1 Å². The summed E-state index contributed by atoms with van der Waals surface area (Å²) in [7, 11) is 0. The predicted molar refractivity (Wildman–Crippen MR) is 69.2 cm³/mol. The minimum absolute atomic E-state index is 0.243. The molecule has 16 heavy (non-hydrogen) atoms. The van der Waals surface area contributed by atoms with E-state index in [-0.39, 0.29) is 5.78 Å². The van der Waals surface area contributed by atoms with Crippen LogP contribution in [-0.4, -0.2) is 5.78 Å². The molecule has 0 aromatic carbocycles. The molecule has 0 unspecified atom stereocenters. The molecule has 0 aromatic heterocycles. The second kappa shape index (κ2) is 5.83. The Labute approximate surface area is 98.9 Å². The molecule has 0 N–H and O–H groups in total. The SMILES string of the molecule is CC(C)=CC(=O)C[C@H](C)C1C=CC(C)C=C1. The lowest BCUT2D eigenvalue weighted by Gasteiger charge is -2.20. The Kier molecular flexibility index (Phi) is 4.72. The van der Waals surface area contributed by atoms with Crippen molar-refractivity contribution < 1.29 is 4.79 Å². The van der Waals surface area contributed by atoms with Crippen LogP contribution >= 0.6 is 0 Å². The smallest absolute Gasteiger partial charge is 0.155 e. The van der Waals surface area contributed by atoms with Crippen LogP contribution in [0.25, 0.3) is 0 Å². The van der Waals surface area contributed by atoms with Gasteiger partial charge in [0.05, 0.1) is 0 Å². The summed E-state index contributed by atoms with van der Waals surface area (Å²) < 4.78 is 0. The Morgan fingerprint density at radius 1 is 1.25 bits per heavy atom. The van der Waals surface area contributed by atoms with Crippen molar-refractivity contribution in [3.63, 3.8) is 0 Å². The molecule has 0 saturated heterocycles. The van der Waals surface area contributed by atoms with E-state index in [1.807, 2.05) is 13.8 Å². The van der Waals surface area contributed by atoms with E-state index < -0.39 is 0 Å². The number of carbonyl (C=O) groups is 1. The fourth-order valence-electron chi connectivity index (χ4n) is 1.95. The zero-order chi connectivity index (χ0) is 12.1. The summed E-state index contributed by atoms with van der Waals surface area (Å²) in [5, 5.41) is 0. The van der Waals surface area contributed by atoms with E-state index in [0.717, 1.165) is 5.57 Å². The van der Waals surface area contributed by atoms with Gasteiger partial charge in [0.25, 0.3) is 0 Å². The molecule has 0 bridgehead atoms. The largest absolute Gasteiger partial charge is 0.295 e. The van der Waals surface area contributed by atoms with Crippen LogP contribution in [0.1, 0.15) is 34.1 Å². The van der Waals surface area contributed by atoms with Gasteiger partial charge in [-0.25, -0.2) is 0 Å². The van der Waals surface area contributed by atoms with Gasteiger partial charge in [-0.1, -0.05) is 43.7 Å². The molecule has 0 amide bonds. The summed E-state index contributed by atoms with van der Waals surface area (Å²) in [5.74, 6) is 1.60. The zero-order valence-corrected chi connectivity index (χ0v) is 10.7. The number of hydrogen-bond acceptors (Lipinski definition) is 1. The zero-order valence-electron chi connectivity index (χ0n) is 10.7. The number of rotatable bonds is 4. The molecule has 0 aliphatic heterocycles. The summed E-state index contributed by atoms with van der Waals surface area (Å²) in [4.78, 5) is 11.6. The molecular weight excluding hydrogens is 196 g/mol. The standard InChI is InChI=1S/C15H22O/c1-11(2)9-15(16)10-13(4)14-7-5-12(3)6-8-14/h5-9,12-14H,10H2,1-4H3/t12?,13-,14?/m0/s1. The molecule has 1 aliphatic carbocycles. The van der Waals surface area contributed by atoms with Gasteiger partial charge in [-0.3, -0.25) is 4.79 Å². The monoisotopic (exact) mass is 218 g/mol. The summed E-state index contributed by atoms with van der Waals surface area (Å²) in [6, 6.07) is 0. The fourth-order valence-corrected chi connectivity index (χ4v) is 1.95. The molecule has 1 aliphatic rings. The van der Waals surface area contributed by atoms with Gasteiger partial charge in [0.15, 0.2) is 5.78 Å². The van der Waals surface area contributed by atoms with Crippen LogP contribution in [0.15, 0.2) is 36.0 Å². The minimum atomic E-state index is 0.243. The van der Waals surface area contributed by atoms with Crippen molar-refractivity contribution in [2.75, 3.05) is 0 Å². The Hall–Kier alpha value is -1.11. The first kappa shape index (κ1) is 13.0. The summed E-state index contributed by atoms with van der Waals surface area (Å²) in [6.07, 6.45) is 11.3. The Morgan fingerprint density at radius 2 is 1.81 bits per heavy atom. The van der Waals surface area contributed by atoms with Crippen molar-refractivity contribution >= 4 is 5.78 Å². The van der Waals surface area contributed by atoms with Crippen LogP contribution in [0.4, 0.5) is 0 Å². The Balaban J connectivity index is 2.50. The number of carbonyl (C=O) groups excluding carboxylic acids is 1. The maximum absolute atomic E-state index is 11.6. The van der Waals surface area contributed by atoms with Crippen LogP contribution in [-0.2, 0) is 4.79 Å². The van der Waals surface area contributed by atoms with E-state index in [2.05, 4.69) is 38.2 Å². The Morgan fingerprint density at radius 3 is 2.31 bits per heavy atom. The van der Waals surface area contributed by atoms with Gasteiger partial charge >= 0.3 is 0 Å². The molecule has 0 aromatic rings. The van der Waals surface area contributed by atoms with Crippen LogP contribution < -0.4 is 0 Å². The summed E-state index contributed by atoms with van der Waals surface area (Å²) in [5.41, 5.74) is 1.08. The van der Waals surface area contributed by atoms with Crippen LogP contribution in [0, 0.1) is 17.8 Å². The normalized spacial score (nSPS) is 25.2. The van der Waals surface area contributed by atoms with Crippen molar-refractivity contribution in [1.29, 1.82) is 0 Å². The lowest BCUT2D eigenvalue weighted by Crippen LogP contribution is -2.13. The van der Waals surface area contributed by atoms with Crippen LogP contribution in [0.5, 0.6) is 0 Å². The first-order chi connectivity index (χ1) is 7.49. The van der Waals surface area contributed by atoms with E-state index in [4.69, 9.17) is 0 Å². The average molecular weight is 218 g/mol. The van der Waals surface area contributed by atoms with Crippen molar-refractivity contribution in [1.82, 2.24) is 0 Å². The van der Waals surface area contributed by atoms with Gasteiger partial charge in [-0.15, -0.1) is 0 Å². The highest BCUT2D eigenvalue weighted by molar-refractivity contribution is 5.90. The highest BCUT2D eigenvalue weighted by Crippen LogP contribution is 2.24. The average Bonchev–Trinajstić information content (AvgIpc) is 2.16. The second-order valence-corrected chi connectivity index (χ2v) is 5.08. The van der Waals surface area contributed by atoms with E-state index >= 15 is 0 Å². The third kappa shape index (κ3) is 4.18. The molecular formula is C15H22O. The van der Waals surface area contributed by atoms with Crippen molar-refractivity contribution in [3.05, 3.63) is 36.0 Å². The number of hydrogen-bond donors (Lipinski definition) is 0. The molecule has 1 heteroatoms. The summed E-state index contributed by atoms with van der Waals surface area (Å²) in [6.45, 7) is 8.24. The molecule has 0 saturated carbocycles. The van der Waals surface area contributed by atoms with E-state index in [1.54, 1.807) is 6.08 Å². The van der Waals surface area contributed by atoms with Gasteiger partial charge in [-0.05, 0) is 37.7 Å². The number of ketones is 1. The van der Waals surface area contributed by atoms with Crippen LogP contribution in [0.3, 0.4) is 0 Å². The molecule has 1 atom stereocenters. The topological polar surface area (TPSA) is 17.1 Å². The highest BCUT2D eigenvalue weighted by Gasteiger charge is 2.16. The van der Waals surface area contributed by atoms with Crippen molar-refractivity contribution in [2.24, 2.45) is 17.8 Å². The fraction of sp³-hybridized carbons (Fsp3) is 0.533. The predicted octanol–water partition coefficient (Wildman–Crippen LogP) is 3.93. The van der Waals surface area contributed by atoms with Gasteiger partial charge in [0.2, 0.25) is 0 Å². The third-order valence-corrected chi connectivity index (χ3v) is 2.90. The Bertz CT molecular complexity index is 315. The van der Waals surface area contributed by atoms with E-state index in [1.165, 1.54) is 0 Å². The first-order valence-corrected chi connectivity index (χ1v) is 6.03. The van der Waals surface area contributed by atoms with Gasteiger partial charge in [0, 0.05) is 6.42 Å². The maximum atomic E-state index is 11.6. The molecule has 0 heterocycles. The van der Waals surface area contributed by atoms with Crippen LogP contribution in [0.2, 0.25) is 0 Å². The van der Waals surface area contributed by atoms with E-state index in [9.17, 15) is 4.79 Å². The lowest BCUT2D eigenvalue weighted by molar-refractivity contribution is -0.115. The quantitative estimate of drug-likeness (QED) is 0.516. The summed E-state index contributed by atoms with van der Waals surface area (Å²) >= 11 is 0. The molecule has 1 nitrogen and oxygen atoms in total. The highest BCUT2D eigenvalue weighted by atomic mass is 16.1. The maximum Gasteiger partial charge on any atom is 0.155 e. The second-order valence-electron chi connectivity index (χ2n) is 5.08. The molecule has 88 valence electrons. The number of allylic oxidation sites excluding steroid dienone is 6. The van der Waals surface area contributed by atoms with Gasteiger partial charge < -0.3 is 0 Å². The first-order valence-electron chi connectivity index (χ1n) is 6.03. The lowest BCUT2D eigenvalue weighted by atomic mass is 9.85.